The molecular formula is C15H18N2O4S2. The van der Waals surface area contributed by atoms with Crippen molar-refractivity contribution in [2.24, 2.45) is 11.7 Å². The van der Waals surface area contributed by atoms with Gasteiger partial charge in [-0.1, -0.05) is 18.2 Å². The first-order chi connectivity index (χ1) is 11.0. The summed E-state index contributed by atoms with van der Waals surface area (Å²) in [6.45, 7) is 0.236. The smallest absolute Gasteiger partial charge is 0.349 e. The van der Waals surface area contributed by atoms with Crippen molar-refractivity contribution in [3.05, 3.63) is 29.1 Å². The lowest BCUT2D eigenvalue weighted by molar-refractivity contribution is 0.0602. The third-order valence-corrected chi connectivity index (χ3v) is 6.80. The summed E-state index contributed by atoms with van der Waals surface area (Å²) < 4.78 is 33.9. The van der Waals surface area contributed by atoms with Gasteiger partial charge in [-0.2, -0.15) is 0 Å². The maximum absolute atomic E-state index is 12.9. The number of sulfonamides is 1. The van der Waals surface area contributed by atoms with E-state index < -0.39 is 16.0 Å². The molecule has 8 heteroatoms. The fourth-order valence-electron chi connectivity index (χ4n) is 2.61. The quantitative estimate of drug-likeness (QED) is 0.770. The summed E-state index contributed by atoms with van der Waals surface area (Å²) in [4.78, 5) is 12.1. The molecule has 1 aromatic heterocycles. The molecule has 1 atom stereocenters. The summed E-state index contributed by atoms with van der Waals surface area (Å²) in [5, 5.41) is 0.525. The molecule has 1 aromatic carbocycles. The predicted molar refractivity (Wildman–Crippen MR) is 89.1 cm³/mol. The van der Waals surface area contributed by atoms with Crippen LogP contribution in [0, 0.1) is 5.92 Å². The number of nitrogens with one attached hydrogen (secondary N) is 1. The van der Waals surface area contributed by atoms with Gasteiger partial charge in [-0.15, -0.1) is 11.3 Å². The minimum atomic E-state index is -3.87. The van der Waals surface area contributed by atoms with Gasteiger partial charge >= 0.3 is 5.97 Å². The highest BCUT2D eigenvalue weighted by molar-refractivity contribution is 7.90. The molecule has 1 aliphatic carbocycles. The van der Waals surface area contributed by atoms with Gasteiger partial charge in [-0.25, -0.2) is 17.9 Å². The molecule has 0 spiro atoms. The lowest BCUT2D eigenvalue weighted by Crippen LogP contribution is -2.41. The number of thiophene rings is 1. The molecule has 0 bridgehead atoms. The van der Waals surface area contributed by atoms with Crippen LogP contribution in [-0.2, 0) is 14.8 Å². The van der Waals surface area contributed by atoms with Crippen LogP contribution in [0.25, 0.3) is 10.1 Å². The van der Waals surface area contributed by atoms with Gasteiger partial charge in [-0.3, -0.25) is 0 Å². The lowest BCUT2D eigenvalue weighted by Gasteiger charge is -2.16. The van der Waals surface area contributed by atoms with Crippen molar-refractivity contribution in [1.29, 1.82) is 0 Å². The first-order valence-corrected chi connectivity index (χ1v) is 9.60. The second-order valence-electron chi connectivity index (χ2n) is 5.55. The van der Waals surface area contributed by atoms with Crippen LogP contribution in [0.5, 0.6) is 0 Å². The van der Waals surface area contributed by atoms with Crippen LogP contribution in [0.4, 0.5) is 0 Å². The van der Waals surface area contributed by atoms with E-state index in [0.29, 0.717) is 5.39 Å². The number of hydrogen-bond donors (Lipinski definition) is 2. The molecular weight excluding hydrogens is 336 g/mol. The highest BCUT2D eigenvalue weighted by Crippen LogP contribution is 2.37. The Morgan fingerprint density at radius 1 is 1.43 bits per heavy atom. The zero-order valence-corrected chi connectivity index (χ0v) is 14.2. The number of carbonyl (C=O) groups excluding carboxylic acids is 1. The minimum absolute atomic E-state index is 0.0101. The van der Waals surface area contributed by atoms with Crippen LogP contribution in [-0.4, -0.2) is 34.1 Å². The number of fused-ring (bicyclic) bond motifs is 1. The van der Waals surface area contributed by atoms with E-state index in [1.165, 1.54) is 7.11 Å². The second-order valence-corrected chi connectivity index (χ2v) is 8.25. The van der Waals surface area contributed by atoms with Crippen LogP contribution >= 0.6 is 11.3 Å². The van der Waals surface area contributed by atoms with Crippen molar-refractivity contribution in [3.63, 3.8) is 0 Å². The first kappa shape index (κ1) is 16.4. The SMILES string of the molecule is COC(=O)c1sc2ccccc2c1S(=O)(=O)NC(CN)C1CC1. The van der Waals surface area contributed by atoms with Crippen LogP contribution in [0.2, 0.25) is 0 Å². The van der Waals surface area contributed by atoms with Crippen molar-refractivity contribution in [2.75, 3.05) is 13.7 Å². The van der Waals surface area contributed by atoms with E-state index in [-0.39, 0.29) is 28.3 Å². The molecule has 3 N–H and O–H groups in total. The zero-order valence-electron chi connectivity index (χ0n) is 12.6. The van der Waals surface area contributed by atoms with Crippen LogP contribution in [0.1, 0.15) is 22.5 Å². The van der Waals surface area contributed by atoms with Crippen molar-refractivity contribution in [3.8, 4) is 0 Å². The van der Waals surface area contributed by atoms with Crippen molar-refractivity contribution in [1.82, 2.24) is 4.72 Å². The summed E-state index contributed by atoms with van der Waals surface area (Å²) in [6.07, 6.45) is 1.94. The van der Waals surface area contributed by atoms with E-state index in [2.05, 4.69) is 4.72 Å². The van der Waals surface area contributed by atoms with Gasteiger partial charge in [0.25, 0.3) is 0 Å². The molecule has 1 aliphatic rings. The zero-order chi connectivity index (χ0) is 16.6. The van der Waals surface area contributed by atoms with E-state index >= 15 is 0 Å². The van der Waals surface area contributed by atoms with Crippen molar-refractivity contribution < 1.29 is 17.9 Å². The highest BCUT2D eigenvalue weighted by Gasteiger charge is 2.36. The number of esters is 1. The Kier molecular flexibility index (Phi) is 4.41. The number of methoxy groups -OCH3 is 1. The van der Waals surface area contributed by atoms with Gasteiger partial charge in [-0.05, 0) is 24.8 Å². The van der Waals surface area contributed by atoms with E-state index in [4.69, 9.17) is 10.5 Å². The van der Waals surface area contributed by atoms with Gasteiger partial charge in [0.15, 0.2) is 0 Å². The monoisotopic (exact) mass is 354 g/mol. The van der Waals surface area contributed by atoms with Gasteiger partial charge < -0.3 is 10.5 Å². The van der Waals surface area contributed by atoms with Gasteiger partial charge in [0.05, 0.1) is 7.11 Å². The summed E-state index contributed by atoms with van der Waals surface area (Å²) in [5.74, 6) is -0.372. The first-order valence-electron chi connectivity index (χ1n) is 7.30. The van der Waals surface area contributed by atoms with Crippen molar-refractivity contribution in [2.45, 2.75) is 23.8 Å². The van der Waals surface area contributed by atoms with Crippen molar-refractivity contribution >= 4 is 37.4 Å². The molecule has 1 fully saturated rings. The largest absolute Gasteiger partial charge is 0.465 e. The number of benzene rings is 1. The summed E-state index contributed by atoms with van der Waals surface area (Å²) >= 11 is 1.12. The minimum Gasteiger partial charge on any atom is -0.465 e. The Hall–Kier alpha value is -1.48. The van der Waals surface area contributed by atoms with Crippen LogP contribution < -0.4 is 10.5 Å². The molecule has 0 saturated heterocycles. The average molecular weight is 354 g/mol. The normalized spacial score (nSPS) is 16.4. The van der Waals surface area contributed by atoms with Gasteiger partial charge in [0.1, 0.15) is 9.77 Å². The fraction of sp³-hybridized carbons (Fsp3) is 0.400. The van der Waals surface area contributed by atoms with E-state index in [9.17, 15) is 13.2 Å². The molecule has 0 radical (unpaired) electrons. The molecule has 124 valence electrons. The fourth-order valence-corrected chi connectivity index (χ4v) is 5.74. The molecule has 1 unspecified atom stereocenters. The number of ether oxygens (including phenoxy) is 1. The summed E-state index contributed by atoms with van der Waals surface area (Å²) in [6, 6.07) is 6.73. The van der Waals surface area contributed by atoms with Gasteiger partial charge in [0, 0.05) is 22.7 Å². The Morgan fingerprint density at radius 2 is 2.13 bits per heavy atom. The van der Waals surface area contributed by atoms with Crippen LogP contribution in [0.15, 0.2) is 29.2 Å². The average Bonchev–Trinajstić information content (AvgIpc) is 3.30. The molecule has 23 heavy (non-hydrogen) atoms. The second kappa shape index (κ2) is 6.20. The van der Waals surface area contributed by atoms with Crippen LogP contribution in [0.3, 0.4) is 0 Å². The maximum atomic E-state index is 12.9. The topological polar surface area (TPSA) is 98.5 Å². The van der Waals surface area contributed by atoms with E-state index in [1.807, 2.05) is 0 Å². The third-order valence-electron chi connectivity index (χ3n) is 3.94. The molecule has 1 saturated carbocycles. The summed E-state index contributed by atoms with van der Waals surface area (Å²) in [5.41, 5.74) is 5.69. The van der Waals surface area contributed by atoms with E-state index in [1.54, 1.807) is 24.3 Å². The molecule has 0 amide bonds. The number of rotatable bonds is 6. The molecule has 3 rings (SSSR count). The molecule has 6 nitrogen and oxygen atoms in total. The Morgan fingerprint density at radius 3 is 2.74 bits per heavy atom. The summed E-state index contributed by atoms with van der Waals surface area (Å²) in [7, 11) is -2.63. The molecule has 2 aromatic rings. The number of nitrogens with two attached hydrogens (primary N) is 1. The van der Waals surface area contributed by atoms with E-state index in [0.717, 1.165) is 28.9 Å². The Balaban J connectivity index is 2.10. The highest BCUT2D eigenvalue weighted by atomic mass is 32.2. The standard InChI is InChI=1S/C15H18N2O4S2/c1-21-15(18)13-14(10-4-2-3-5-12(10)22-13)23(19,20)17-11(8-16)9-6-7-9/h2-5,9,11,17H,6-8,16H2,1H3. The van der Waals surface area contributed by atoms with Gasteiger partial charge in [0.2, 0.25) is 10.0 Å². The molecule has 0 aliphatic heterocycles. The maximum Gasteiger partial charge on any atom is 0.349 e. The lowest BCUT2D eigenvalue weighted by atomic mass is 10.2. The Labute approximate surface area is 138 Å². The third kappa shape index (κ3) is 3.12. The number of carbonyl (C=O) groups is 1. The molecule has 1 heterocycles. The Bertz CT molecular complexity index is 840. The predicted octanol–water partition coefficient (Wildman–Crippen LogP) is 1.70. The number of hydrogen-bond acceptors (Lipinski definition) is 6.